The van der Waals surface area contributed by atoms with Crippen LogP contribution in [0.25, 0.3) is 0 Å². The van der Waals surface area contributed by atoms with Gasteiger partial charge in [0.05, 0.1) is 6.21 Å². The quantitative estimate of drug-likeness (QED) is 0.447. The van der Waals surface area contributed by atoms with Gasteiger partial charge in [-0.3, -0.25) is 5.43 Å². The lowest BCUT2D eigenvalue weighted by Crippen LogP contribution is -1.96. The number of hydrazone groups is 1. The Hall–Kier alpha value is -0.790. The standard InChI is InChI=1S/C4H5N2/c1-2-4-6-5-3-1/h1,3,5H,2H2. The van der Waals surface area contributed by atoms with E-state index in [1.165, 1.54) is 0 Å². The molecular formula is C4H5N2. The zero-order chi connectivity index (χ0) is 4.24. The molecule has 1 N–H and O–H groups in total. The molecule has 1 aliphatic rings. The van der Waals surface area contributed by atoms with Gasteiger partial charge in [-0.2, -0.15) is 5.10 Å². The van der Waals surface area contributed by atoms with Crippen molar-refractivity contribution in [2.75, 3.05) is 0 Å². The molecule has 0 atom stereocenters. The molecule has 0 bridgehead atoms. The van der Waals surface area contributed by atoms with Crippen molar-refractivity contribution in [3.8, 4) is 0 Å². The van der Waals surface area contributed by atoms with Crippen LogP contribution in [0, 0.1) is 0 Å². The maximum atomic E-state index is 3.59. The largest absolute Gasteiger partial charge is 0.286 e. The van der Waals surface area contributed by atoms with E-state index in [0.717, 1.165) is 6.42 Å². The maximum absolute atomic E-state index is 3.59. The summed E-state index contributed by atoms with van der Waals surface area (Å²) in [6.45, 7) is 0. The van der Waals surface area contributed by atoms with Crippen LogP contribution in [-0.2, 0) is 0 Å². The van der Waals surface area contributed by atoms with E-state index >= 15 is 0 Å². The van der Waals surface area contributed by atoms with Gasteiger partial charge < -0.3 is 0 Å². The van der Waals surface area contributed by atoms with E-state index in [4.69, 9.17) is 0 Å². The lowest BCUT2D eigenvalue weighted by atomic mass is 10.4. The molecule has 0 aromatic heterocycles. The summed E-state index contributed by atoms with van der Waals surface area (Å²) in [5.41, 5.74) is 2.62. The average Bonchev–Trinajstić information content (AvgIpc) is 1.72. The number of nitrogens with one attached hydrogen (secondary N) is 1. The van der Waals surface area contributed by atoms with Crippen LogP contribution < -0.4 is 5.43 Å². The molecule has 0 aromatic rings. The Morgan fingerprint density at radius 2 is 2.83 bits per heavy atom. The fourth-order valence-corrected chi connectivity index (χ4v) is 0.293. The number of hydrogen-bond donors (Lipinski definition) is 1. The summed E-state index contributed by atoms with van der Waals surface area (Å²) in [4.78, 5) is 0. The van der Waals surface area contributed by atoms with E-state index in [2.05, 4.69) is 16.7 Å². The summed E-state index contributed by atoms with van der Waals surface area (Å²) in [6.07, 6.45) is 7.29. The molecule has 1 heterocycles. The van der Waals surface area contributed by atoms with Crippen LogP contribution in [0.3, 0.4) is 0 Å². The molecule has 6 heavy (non-hydrogen) atoms. The van der Waals surface area contributed by atoms with Gasteiger partial charge in [0.15, 0.2) is 0 Å². The summed E-state index contributed by atoms with van der Waals surface area (Å²) in [5.74, 6) is 0. The summed E-state index contributed by atoms with van der Waals surface area (Å²) in [7, 11) is 0. The molecule has 1 aliphatic heterocycles. The molecule has 0 aromatic carbocycles. The van der Waals surface area contributed by atoms with Crippen LogP contribution in [0.1, 0.15) is 6.42 Å². The molecule has 0 unspecified atom stereocenters. The van der Waals surface area contributed by atoms with Gasteiger partial charge in [-0.1, -0.05) is 6.08 Å². The first-order valence-electron chi connectivity index (χ1n) is 1.83. The highest BCUT2D eigenvalue weighted by atomic mass is 15.3. The first-order chi connectivity index (χ1) is 3.00. The summed E-state index contributed by atoms with van der Waals surface area (Å²) in [5, 5.41) is 3.59. The third-order valence-corrected chi connectivity index (χ3v) is 0.545. The second-order valence-corrected chi connectivity index (χ2v) is 1.01. The van der Waals surface area contributed by atoms with Gasteiger partial charge in [0, 0.05) is 12.6 Å². The zero-order valence-corrected chi connectivity index (χ0v) is 3.31. The van der Waals surface area contributed by atoms with Crippen LogP contribution in [0.2, 0.25) is 0 Å². The lowest BCUT2D eigenvalue weighted by Gasteiger charge is -1.90. The minimum Gasteiger partial charge on any atom is -0.286 e. The van der Waals surface area contributed by atoms with Crippen molar-refractivity contribution < 1.29 is 0 Å². The fourth-order valence-electron chi connectivity index (χ4n) is 0.293. The average molecular weight is 81.1 g/mol. The van der Waals surface area contributed by atoms with Crippen molar-refractivity contribution in [3.05, 3.63) is 12.3 Å². The van der Waals surface area contributed by atoms with Gasteiger partial charge in [0.2, 0.25) is 0 Å². The first-order valence-corrected chi connectivity index (χ1v) is 1.83. The third-order valence-electron chi connectivity index (χ3n) is 0.545. The van der Waals surface area contributed by atoms with Crippen molar-refractivity contribution in [3.63, 3.8) is 0 Å². The molecule has 0 fully saturated rings. The number of hydrogen-bond acceptors (Lipinski definition) is 2. The van der Waals surface area contributed by atoms with E-state index in [1.807, 2.05) is 6.08 Å². The predicted molar refractivity (Wildman–Crippen MR) is 24.3 cm³/mol. The molecule has 0 saturated heterocycles. The molecule has 31 valence electrons. The van der Waals surface area contributed by atoms with Crippen molar-refractivity contribution in [1.82, 2.24) is 5.43 Å². The highest BCUT2D eigenvalue weighted by molar-refractivity contribution is 5.59. The SMILES string of the molecule is [C]1=NNC=CC1. The Kier molecular flexibility index (Phi) is 0.906. The van der Waals surface area contributed by atoms with Crippen LogP contribution in [-0.4, -0.2) is 6.21 Å². The van der Waals surface area contributed by atoms with Crippen LogP contribution in [0.4, 0.5) is 0 Å². The Balaban J connectivity index is 2.40. The Morgan fingerprint density at radius 1 is 1.83 bits per heavy atom. The Morgan fingerprint density at radius 3 is 3.00 bits per heavy atom. The molecule has 2 nitrogen and oxygen atoms in total. The molecular weight excluding hydrogens is 76.1 g/mol. The van der Waals surface area contributed by atoms with E-state index in [0.29, 0.717) is 0 Å². The predicted octanol–water partition coefficient (Wildman–Crippen LogP) is 0.356. The minimum absolute atomic E-state index is 0.840. The maximum Gasteiger partial charge on any atom is 0.0880 e. The molecule has 2 heteroatoms. The summed E-state index contributed by atoms with van der Waals surface area (Å²) in [6, 6.07) is 0. The van der Waals surface area contributed by atoms with Crippen LogP contribution >= 0.6 is 0 Å². The lowest BCUT2D eigenvalue weighted by molar-refractivity contribution is 0.947. The fraction of sp³-hybridized carbons (Fsp3) is 0.250. The second-order valence-electron chi connectivity index (χ2n) is 1.01. The highest BCUT2D eigenvalue weighted by Gasteiger charge is 1.76. The number of nitrogens with zero attached hydrogens (tertiary/aromatic N) is 1. The van der Waals surface area contributed by atoms with Gasteiger partial charge in [-0.05, 0) is 0 Å². The normalized spacial score (nSPS) is 17.3. The summed E-state index contributed by atoms with van der Waals surface area (Å²) >= 11 is 0. The smallest absolute Gasteiger partial charge is 0.0880 e. The molecule has 1 rings (SSSR count). The molecule has 0 saturated carbocycles. The molecule has 1 radical (unpaired) electrons. The zero-order valence-electron chi connectivity index (χ0n) is 3.31. The minimum atomic E-state index is 0.840. The van der Waals surface area contributed by atoms with E-state index < -0.39 is 0 Å². The van der Waals surface area contributed by atoms with Gasteiger partial charge in [-0.25, -0.2) is 0 Å². The monoisotopic (exact) mass is 81.0 g/mol. The van der Waals surface area contributed by atoms with Crippen LogP contribution in [0.15, 0.2) is 17.4 Å². The van der Waals surface area contributed by atoms with Gasteiger partial charge in [0.1, 0.15) is 0 Å². The first kappa shape index (κ1) is 3.40. The molecule has 0 amide bonds. The van der Waals surface area contributed by atoms with Gasteiger partial charge in [-0.15, -0.1) is 0 Å². The Labute approximate surface area is 36.6 Å². The van der Waals surface area contributed by atoms with E-state index in [1.54, 1.807) is 6.20 Å². The summed E-state index contributed by atoms with van der Waals surface area (Å²) < 4.78 is 0. The topological polar surface area (TPSA) is 24.4 Å². The van der Waals surface area contributed by atoms with E-state index in [-0.39, 0.29) is 0 Å². The third kappa shape index (κ3) is 0.578. The van der Waals surface area contributed by atoms with Crippen LogP contribution in [0.5, 0.6) is 0 Å². The van der Waals surface area contributed by atoms with E-state index in [9.17, 15) is 0 Å². The van der Waals surface area contributed by atoms with Crippen molar-refractivity contribution >= 4 is 6.21 Å². The molecule has 0 spiro atoms. The van der Waals surface area contributed by atoms with Gasteiger partial charge >= 0.3 is 0 Å². The van der Waals surface area contributed by atoms with Crippen molar-refractivity contribution in [2.24, 2.45) is 5.10 Å². The Bertz CT molecular complexity index is 63.5. The van der Waals surface area contributed by atoms with Crippen molar-refractivity contribution in [1.29, 1.82) is 0 Å². The highest BCUT2D eigenvalue weighted by Crippen LogP contribution is 1.79. The second kappa shape index (κ2) is 1.60. The number of rotatable bonds is 0. The van der Waals surface area contributed by atoms with Crippen molar-refractivity contribution in [2.45, 2.75) is 6.42 Å². The number of allylic oxidation sites excluding steroid dienone is 1. The van der Waals surface area contributed by atoms with Gasteiger partial charge in [0.25, 0.3) is 0 Å². The molecule has 0 aliphatic carbocycles.